The third-order valence-corrected chi connectivity index (χ3v) is 2.51. The van der Waals surface area contributed by atoms with Gasteiger partial charge in [0.2, 0.25) is 0 Å². The normalized spacial score (nSPS) is 11.9. The van der Waals surface area contributed by atoms with Crippen LogP contribution in [0.25, 0.3) is 0 Å². The van der Waals surface area contributed by atoms with Crippen LogP contribution in [-0.2, 0) is 11.3 Å². The van der Waals surface area contributed by atoms with Crippen LogP contribution in [0.15, 0.2) is 24.5 Å². The number of hydrogen-bond acceptors (Lipinski definition) is 3. The van der Waals surface area contributed by atoms with Gasteiger partial charge in [-0.25, -0.2) is 9.59 Å². The number of pyridine rings is 1. The van der Waals surface area contributed by atoms with E-state index in [1.807, 2.05) is 13.8 Å². The molecule has 0 spiro atoms. The van der Waals surface area contributed by atoms with Crippen molar-refractivity contribution in [2.75, 3.05) is 0 Å². The van der Waals surface area contributed by atoms with E-state index in [-0.39, 0.29) is 5.92 Å². The molecule has 0 saturated heterocycles. The maximum Gasteiger partial charge on any atom is 0.326 e. The van der Waals surface area contributed by atoms with E-state index in [0.717, 1.165) is 5.56 Å². The summed E-state index contributed by atoms with van der Waals surface area (Å²) in [6.07, 6.45) is 3.67. The summed E-state index contributed by atoms with van der Waals surface area (Å²) in [7, 11) is 0. The number of nitrogens with zero attached hydrogens (tertiary/aromatic N) is 1. The number of amides is 2. The minimum absolute atomic E-state index is 0.196. The average molecular weight is 265 g/mol. The van der Waals surface area contributed by atoms with Crippen LogP contribution in [0, 0.1) is 5.92 Å². The lowest BCUT2D eigenvalue weighted by atomic mass is 10.0. The van der Waals surface area contributed by atoms with E-state index in [0.29, 0.717) is 13.0 Å². The van der Waals surface area contributed by atoms with Gasteiger partial charge in [-0.2, -0.15) is 0 Å². The lowest BCUT2D eigenvalue weighted by molar-refractivity contribution is -0.139. The van der Waals surface area contributed by atoms with Crippen molar-refractivity contribution in [2.24, 2.45) is 5.92 Å². The van der Waals surface area contributed by atoms with E-state index in [9.17, 15) is 9.59 Å². The van der Waals surface area contributed by atoms with Gasteiger partial charge in [-0.3, -0.25) is 4.98 Å². The van der Waals surface area contributed by atoms with Crippen LogP contribution in [0.1, 0.15) is 25.8 Å². The van der Waals surface area contributed by atoms with Gasteiger partial charge in [0.05, 0.1) is 0 Å². The Morgan fingerprint density at radius 2 is 1.95 bits per heavy atom. The maximum atomic E-state index is 11.6. The largest absolute Gasteiger partial charge is 0.480 e. The fourth-order valence-corrected chi connectivity index (χ4v) is 1.59. The van der Waals surface area contributed by atoms with Crippen molar-refractivity contribution in [3.05, 3.63) is 30.1 Å². The molecule has 3 N–H and O–H groups in total. The number of hydrogen-bond donors (Lipinski definition) is 3. The summed E-state index contributed by atoms with van der Waals surface area (Å²) in [4.78, 5) is 26.5. The van der Waals surface area contributed by atoms with Gasteiger partial charge in [0, 0.05) is 18.9 Å². The molecular weight excluding hydrogens is 246 g/mol. The fraction of sp³-hybridized carbons (Fsp3) is 0.462. The molecule has 0 aliphatic carbocycles. The van der Waals surface area contributed by atoms with Crippen LogP contribution in [0.5, 0.6) is 0 Å². The highest BCUT2D eigenvalue weighted by atomic mass is 16.4. The van der Waals surface area contributed by atoms with Gasteiger partial charge in [-0.15, -0.1) is 0 Å². The molecule has 0 saturated carbocycles. The number of rotatable bonds is 6. The zero-order valence-corrected chi connectivity index (χ0v) is 11.1. The predicted octanol–water partition coefficient (Wildman–Crippen LogP) is 1.38. The maximum absolute atomic E-state index is 11.6. The molecular formula is C13H19N3O3. The second kappa shape index (κ2) is 7.35. The first-order valence-electron chi connectivity index (χ1n) is 6.15. The molecule has 1 atom stereocenters. The van der Waals surface area contributed by atoms with Crippen molar-refractivity contribution in [3.8, 4) is 0 Å². The van der Waals surface area contributed by atoms with Crippen LogP contribution in [0.3, 0.4) is 0 Å². The van der Waals surface area contributed by atoms with Crippen LogP contribution >= 0.6 is 0 Å². The third kappa shape index (κ3) is 5.85. The van der Waals surface area contributed by atoms with E-state index in [4.69, 9.17) is 5.11 Å². The molecule has 19 heavy (non-hydrogen) atoms. The Bertz CT molecular complexity index is 420. The molecule has 1 aromatic rings. The minimum atomic E-state index is -1.02. The Hall–Kier alpha value is -2.11. The van der Waals surface area contributed by atoms with Crippen molar-refractivity contribution in [1.82, 2.24) is 15.6 Å². The van der Waals surface area contributed by atoms with Crippen molar-refractivity contribution < 1.29 is 14.7 Å². The number of carbonyl (C=O) groups excluding carboxylic acids is 1. The van der Waals surface area contributed by atoms with Crippen molar-refractivity contribution >= 4 is 12.0 Å². The van der Waals surface area contributed by atoms with Crippen LogP contribution in [0.2, 0.25) is 0 Å². The zero-order valence-electron chi connectivity index (χ0n) is 11.1. The number of aliphatic carboxylic acids is 1. The van der Waals surface area contributed by atoms with E-state index in [2.05, 4.69) is 15.6 Å². The summed E-state index contributed by atoms with van der Waals surface area (Å²) in [5, 5.41) is 14.1. The Morgan fingerprint density at radius 3 is 2.47 bits per heavy atom. The highest BCUT2D eigenvalue weighted by molar-refractivity contribution is 5.82. The molecule has 0 radical (unpaired) electrons. The summed E-state index contributed by atoms with van der Waals surface area (Å²) >= 11 is 0. The number of nitrogens with one attached hydrogen (secondary N) is 2. The average Bonchev–Trinajstić information content (AvgIpc) is 2.36. The zero-order chi connectivity index (χ0) is 14.3. The molecule has 1 aromatic heterocycles. The number of urea groups is 1. The van der Waals surface area contributed by atoms with Gasteiger partial charge in [0.1, 0.15) is 6.04 Å². The van der Waals surface area contributed by atoms with Gasteiger partial charge in [0.15, 0.2) is 0 Å². The van der Waals surface area contributed by atoms with Gasteiger partial charge >= 0.3 is 12.0 Å². The lowest BCUT2D eigenvalue weighted by Crippen LogP contribution is -2.46. The smallest absolute Gasteiger partial charge is 0.326 e. The molecule has 1 heterocycles. The van der Waals surface area contributed by atoms with E-state index >= 15 is 0 Å². The van der Waals surface area contributed by atoms with E-state index < -0.39 is 18.0 Å². The van der Waals surface area contributed by atoms with E-state index in [1.54, 1.807) is 24.5 Å². The Morgan fingerprint density at radius 1 is 1.32 bits per heavy atom. The minimum Gasteiger partial charge on any atom is -0.480 e. The summed E-state index contributed by atoms with van der Waals surface area (Å²) in [6.45, 7) is 4.15. The van der Waals surface area contributed by atoms with Crippen LogP contribution in [0.4, 0.5) is 4.79 Å². The van der Waals surface area contributed by atoms with Gasteiger partial charge < -0.3 is 15.7 Å². The number of carbonyl (C=O) groups is 2. The first-order valence-corrected chi connectivity index (χ1v) is 6.15. The predicted molar refractivity (Wildman–Crippen MR) is 70.5 cm³/mol. The van der Waals surface area contributed by atoms with Gasteiger partial charge in [-0.1, -0.05) is 13.8 Å². The first-order chi connectivity index (χ1) is 8.99. The Balaban J connectivity index is 2.42. The topological polar surface area (TPSA) is 91.3 Å². The molecule has 2 amide bonds. The number of aromatic nitrogens is 1. The molecule has 0 bridgehead atoms. The van der Waals surface area contributed by atoms with Crippen molar-refractivity contribution in [2.45, 2.75) is 32.9 Å². The SMILES string of the molecule is CC(C)CC(NC(=O)NCc1ccncc1)C(=O)O. The molecule has 1 unspecified atom stereocenters. The second-order valence-corrected chi connectivity index (χ2v) is 4.70. The summed E-state index contributed by atoms with van der Waals surface area (Å²) in [6, 6.07) is 2.22. The van der Waals surface area contributed by atoms with Crippen molar-refractivity contribution in [1.29, 1.82) is 0 Å². The summed E-state index contributed by atoms with van der Waals surface area (Å²) in [5.74, 6) is -0.825. The number of carboxylic acid groups (broad SMARTS) is 1. The highest BCUT2D eigenvalue weighted by Gasteiger charge is 2.20. The Kier molecular flexibility index (Phi) is 5.78. The first kappa shape index (κ1) is 14.9. The van der Waals surface area contributed by atoms with Gasteiger partial charge in [0.25, 0.3) is 0 Å². The van der Waals surface area contributed by atoms with Crippen LogP contribution in [-0.4, -0.2) is 28.1 Å². The van der Waals surface area contributed by atoms with E-state index in [1.165, 1.54) is 0 Å². The Labute approximate surface area is 112 Å². The third-order valence-electron chi connectivity index (χ3n) is 2.51. The fourth-order valence-electron chi connectivity index (χ4n) is 1.59. The highest BCUT2D eigenvalue weighted by Crippen LogP contribution is 2.04. The lowest BCUT2D eigenvalue weighted by Gasteiger charge is -2.16. The molecule has 104 valence electrons. The second-order valence-electron chi connectivity index (χ2n) is 4.70. The molecule has 6 nitrogen and oxygen atoms in total. The molecule has 0 aliphatic rings. The van der Waals surface area contributed by atoms with Gasteiger partial charge in [-0.05, 0) is 30.0 Å². The number of carboxylic acids is 1. The summed E-state index contributed by atoms with van der Waals surface area (Å²) < 4.78 is 0. The summed E-state index contributed by atoms with van der Waals surface area (Å²) in [5.41, 5.74) is 0.904. The molecule has 0 aromatic carbocycles. The van der Waals surface area contributed by atoms with Crippen LogP contribution < -0.4 is 10.6 Å². The molecule has 0 aliphatic heterocycles. The molecule has 6 heteroatoms. The monoisotopic (exact) mass is 265 g/mol. The molecule has 1 rings (SSSR count). The molecule has 0 fully saturated rings. The van der Waals surface area contributed by atoms with Crippen molar-refractivity contribution in [3.63, 3.8) is 0 Å². The quantitative estimate of drug-likeness (QED) is 0.724. The standard InChI is InChI=1S/C13H19N3O3/c1-9(2)7-11(12(17)18)16-13(19)15-8-10-3-5-14-6-4-10/h3-6,9,11H,7-8H2,1-2H3,(H,17,18)(H2,15,16,19).